The molecule has 0 aromatic heterocycles. The third-order valence-corrected chi connectivity index (χ3v) is 2.76. The van der Waals surface area contributed by atoms with Crippen LogP contribution in [0, 0.1) is 0 Å². The summed E-state index contributed by atoms with van der Waals surface area (Å²) in [6, 6.07) is 1.47. The quantitative estimate of drug-likeness (QED) is 0.718. The lowest BCUT2D eigenvalue weighted by molar-refractivity contribution is 0.188. The van der Waals surface area contributed by atoms with E-state index in [-0.39, 0.29) is 12.4 Å². The first kappa shape index (κ1) is 10.3. The molecule has 1 saturated carbocycles. The first-order valence-electron chi connectivity index (χ1n) is 4.79. The fourth-order valence-corrected chi connectivity index (χ4v) is 2.09. The summed E-state index contributed by atoms with van der Waals surface area (Å²) in [6.07, 6.45) is 6.83. The van der Waals surface area contributed by atoms with Crippen molar-refractivity contribution >= 4 is 12.4 Å². The van der Waals surface area contributed by atoms with E-state index >= 15 is 0 Å². The van der Waals surface area contributed by atoms with E-state index in [1.807, 2.05) is 0 Å². The zero-order valence-electron chi connectivity index (χ0n) is 7.42. The lowest BCUT2D eigenvalue weighted by atomic mass is 10.2. The second kappa shape index (κ2) is 5.05. The number of hydrogen-bond acceptors (Lipinski definition) is 2. The first-order chi connectivity index (χ1) is 5.45. The van der Waals surface area contributed by atoms with E-state index in [1.54, 1.807) is 0 Å². The molecule has 0 radical (unpaired) electrons. The average molecular weight is 192 g/mol. The Labute approximate surface area is 80.5 Å². The van der Waals surface area contributed by atoms with Crippen molar-refractivity contribution in [3.63, 3.8) is 0 Å². The van der Waals surface area contributed by atoms with Gasteiger partial charge in [0.2, 0.25) is 0 Å². The van der Waals surface area contributed by atoms with Gasteiger partial charge in [0.25, 0.3) is 0 Å². The van der Waals surface area contributed by atoms with Crippen molar-refractivity contribution in [2.45, 2.75) is 44.2 Å². The number of hydrogen-bond donors (Lipinski definition) is 1. The van der Waals surface area contributed by atoms with Crippen LogP contribution in [0.3, 0.4) is 0 Å². The predicted octanol–water partition coefficient (Wildman–Crippen LogP) is 1.73. The minimum Gasteiger partial charge on any atom is -0.380 e. The van der Waals surface area contributed by atoms with Crippen LogP contribution in [-0.4, -0.2) is 25.3 Å². The van der Waals surface area contributed by atoms with Gasteiger partial charge in [0, 0.05) is 18.7 Å². The summed E-state index contributed by atoms with van der Waals surface area (Å²) in [7, 11) is 0. The van der Waals surface area contributed by atoms with Gasteiger partial charge in [-0.1, -0.05) is 12.8 Å². The second-order valence-corrected chi connectivity index (χ2v) is 3.71. The molecule has 0 aromatic rings. The molecule has 3 heteroatoms. The molecule has 1 aliphatic carbocycles. The lowest BCUT2D eigenvalue weighted by Gasteiger charge is -2.16. The molecule has 1 N–H and O–H groups in total. The Morgan fingerprint density at radius 2 is 1.75 bits per heavy atom. The van der Waals surface area contributed by atoms with Gasteiger partial charge in [-0.25, -0.2) is 0 Å². The van der Waals surface area contributed by atoms with E-state index in [4.69, 9.17) is 4.74 Å². The van der Waals surface area contributed by atoms with E-state index in [1.165, 1.54) is 32.1 Å². The summed E-state index contributed by atoms with van der Waals surface area (Å²) in [6.45, 7) is 1.90. The molecule has 72 valence electrons. The van der Waals surface area contributed by atoms with Crippen molar-refractivity contribution in [1.29, 1.82) is 0 Å². The molecule has 1 saturated heterocycles. The molecular formula is C9H18ClNO. The van der Waals surface area contributed by atoms with Gasteiger partial charge < -0.3 is 10.1 Å². The van der Waals surface area contributed by atoms with E-state index in [2.05, 4.69) is 5.32 Å². The molecule has 0 amide bonds. The molecular weight excluding hydrogens is 174 g/mol. The molecule has 1 aliphatic heterocycles. The minimum absolute atomic E-state index is 0. The molecule has 2 aliphatic rings. The summed E-state index contributed by atoms with van der Waals surface area (Å²) in [4.78, 5) is 0. The summed E-state index contributed by atoms with van der Waals surface area (Å²) in [5, 5.41) is 3.65. The van der Waals surface area contributed by atoms with Crippen molar-refractivity contribution in [2.75, 3.05) is 13.2 Å². The summed E-state index contributed by atoms with van der Waals surface area (Å²) < 4.78 is 5.30. The van der Waals surface area contributed by atoms with Crippen LogP contribution in [0.5, 0.6) is 0 Å². The fraction of sp³-hybridized carbons (Fsp3) is 1.00. The molecule has 2 rings (SSSR count). The normalized spacial score (nSPS) is 30.5. The Morgan fingerprint density at radius 1 is 1.00 bits per heavy atom. The third-order valence-electron chi connectivity index (χ3n) is 2.76. The lowest BCUT2D eigenvalue weighted by Crippen LogP contribution is -2.36. The van der Waals surface area contributed by atoms with E-state index < -0.39 is 0 Å². The Bertz CT molecular complexity index is 106. The molecule has 2 fully saturated rings. The zero-order valence-corrected chi connectivity index (χ0v) is 8.24. The number of halogens is 1. The van der Waals surface area contributed by atoms with Crippen LogP contribution in [0.25, 0.3) is 0 Å². The van der Waals surface area contributed by atoms with Gasteiger partial charge >= 0.3 is 0 Å². The molecule has 1 heterocycles. The van der Waals surface area contributed by atoms with Gasteiger partial charge in [0.05, 0.1) is 6.61 Å². The minimum atomic E-state index is 0. The molecule has 2 nitrogen and oxygen atoms in total. The summed E-state index contributed by atoms with van der Waals surface area (Å²) in [5.41, 5.74) is 0. The Morgan fingerprint density at radius 3 is 2.33 bits per heavy atom. The van der Waals surface area contributed by atoms with E-state index in [0.717, 1.165) is 19.3 Å². The predicted molar refractivity (Wildman–Crippen MR) is 51.9 cm³/mol. The van der Waals surface area contributed by atoms with Crippen molar-refractivity contribution in [1.82, 2.24) is 5.32 Å². The summed E-state index contributed by atoms with van der Waals surface area (Å²) >= 11 is 0. The van der Waals surface area contributed by atoms with Crippen molar-refractivity contribution < 1.29 is 4.74 Å². The highest BCUT2D eigenvalue weighted by Gasteiger charge is 2.21. The van der Waals surface area contributed by atoms with Gasteiger partial charge in [-0.3, -0.25) is 0 Å². The van der Waals surface area contributed by atoms with Gasteiger partial charge in [-0.15, -0.1) is 12.4 Å². The molecule has 1 atom stereocenters. The molecule has 0 bridgehead atoms. The maximum atomic E-state index is 5.30. The molecule has 12 heavy (non-hydrogen) atoms. The van der Waals surface area contributed by atoms with Gasteiger partial charge in [0.15, 0.2) is 0 Å². The van der Waals surface area contributed by atoms with Crippen molar-refractivity contribution in [2.24, 2.45) is 0 Å². The first-order valence-corrected chi connectivity index (χ1v) is 4.79. The standard InChI is InChI=1S/C9H17NO.ClH/c1-2-4-8(3-1)10-9-5-6-11-7-9;/h8-10H,1-7H2;1H/t9-;/m1./s1. The van der Waals surface area contributed by atoms with Crippen LogP contribution < -0.4 is 5.32 Å². The number of rotatable bonds is 2. The van der Waals surface area contributed by atoms with Crippen molar-refractivity contribution in [3.8, 4) is 0 Å². The summed E-state index contributed by atoms with van der Waals surface area (Å²) in [5.74, 6) is 0. The Hall–Kier alpha value is 0.210. The fourth-order valence-electron chi connectivity index (χ4n) is 2.09. The highest BCUT2D eigenvalue weighted by Crippen LogP contribution is 2.19. The van der Waals surface area contributed by atoms with Crippen molar-refractivity contribution in [3.05, 3.63) is 0 Å². The highest BCUT2D eigenvalue weighted by atomic mass is 35.5. The van der Waals surface area contributed by atoms with E-state index in [0.29, 0.717) is 6.04 Å². The van der Waals surface area contributed by atoms with Crippen LogP contribution in [0.1, 0.15) is 32.1 Å². The van der Waals surface area contributed by atoms with Crippen LogP contribution in [0.2, 0.25) is 0 Å². The SMILES string of the molecule is C1CCC(N[C@@H]2CCOC2)C1.Cl. The van der Waals surface area contributed by atoms with E-state index in [9.17, 15) is 0 Å². The molecule has 0 spiro atoms. The van der Waals surface area contributed by atoms with Gasteiger partial charge in [-0.05, 0) is 19.3 Å². The van der Waals surface area contributed by atoms with Gasteiger partial charge in [-0.2, -0.15) is 0 Å². The van der Waals surface area contributed by atoms with Crippen LogP contribution in [-0.2, 0) is 4.74 Å². The molecule has 0 unspecified atom stereocenters. The number of nitrogens with one attached hydrogen (secondary N) is 1. The topological polar surface area (TPSA) is 21.3 Å². The van der Waals surface area contributed by atoms with Crippen LogP contribution in [0.4, 0.5) is 0 Å². The Kier molecular flexibility index (Phi) is 4.33. The average Bonchev–Trinajstić information content (AvgIpc) is 2.60. The number of ether oxygens (including phenoxy) is 1. The highest BCUT2D eigenvalue weighted by molar-refractivity contribution is 5.85. The van der Waals surface area contributed by atoms with Crippen LogP contribution >= 0.6 is 12.4 Å². The smallest absolute Gasteiger partial charge is 0.0620 e. The molecule has 0 aromatic carbocycles. The third kappa shape index (κ3) is 2.61. The largest absolute Gasteiger partial charge is 0.380 e. The maximum absolute atomic E-state index is 5.30. The Balaban J connectivity index is 0.000000720. The van der Waals surface area contributed by atoms with Crippen LogP contribution in [0.15, 0.2) is 0 Å². The monoisotopic (exact) mass is 191 g/mol. The van der Waals surface area contributed by atoms with Gasteiger partial charge in [0.1, 0.15) is 0 Å². The zero-order chi connectivity index (χ0) is 7.52. The second-order valence-electron chi connectivity index (χ2n) is 3.71. The maximum Gasteiger partial charge on any atom is 0.0620 e.